The number of hydrogen-bond donors (Lipinski definition) is 2. The molecule has 0 radical (unpaired) electrons. The van der Waals surface area contributed by atoms with Crippen LogP contribution in [-0.4, -0.2) is 57.4 Å². The average Bonchev–Trinajstić information content (AvgIpc) is 2.53. The van der Waals surface area contributed by atoms with Crippen molar-refractivity contribution in [1.29, 1.82) is 0 Å². The largest absolute Gasteiger partial charge is 0.465 e. The maximum Gasteiger partial charge on any atom is 0.323 e. The fourth-order valence-electron chi connectivity index (χ4n) is 3.26. The van der Waals surface area contributed by atoms with Gasteiger partial charge in [-0.15, -0.1) is 0 Å². The van der Waals surface area contributed by atoms with E-state index in [0.29, 0.717) is 32.2 Å². The number of ether oxygens (including phenoxy) is 2. The van der Waals surface area contributed by atoms with Gasteiger partial charge in [0.05, 0.1) is 19.0 Å². The van der Waals surface area contributed by atoms with Gasteiger partial charge >= 0.3 is 11.9 Å². The van der Waals surface area contributed by atoms with Crippen LogP contribution in [-0.2, 0) is 29.1 Å². The molecule has 0 atom stereocenters. The first kappa shape index (κ1) is 23.8. The molecule has 0 aromatic heterocycles. The fourth-order valence-corrected chi connectivity index (χ4v) is 4.68. The lowest BCUT2D eigenvalue weighted by atomic mass is 9.72. The predicted molar refractivity (Wildman–Crippen MR) is 103 cm³/mol. The van der Waals surface area contributed by atoms with Gasteiger partial charge in [0, 0.05) is 18.1 Å². The van der Waals surface area contributed by atoms with Crippen molar-refractivity contribution in [3.8, 4) is 0 Å². The number of esters is 2. The molecule has 0 saturated heterocycles. The molecule has 1 fully saturated rings. The van der Waals surface area contributed by atoms with Crippen LogP contribution >= 0.6 is 0 Å². The summed E-state index contributed by atoms with van der Waals surface area (Å²) in [5.41, 5.74) is -1.76. The number of hydrogen-bond acceptors (Lipinski definition) is 7. The highest BCUT2D eigenvalue weighted by Crippen LogP contribution is 2.39. The van der Waals surface area contributed by atoms with E-state index in [-0.39, 0.29) is 25.0 Å². The monoisotopic (exact) mass is 406 g/mol. The van der Waals surface area contributed by atoms with E-state index >= 15 is 0 Å². The van der Waals surface area contributed by atoms with Gasteiger partial charge < -0.3 is 14.8 Å². The lowest BCUT2D eigenvalue weighted by Gasteiger charge is -2.36. The van der Waals surface area contributed by atoms with Crippen molar-refractivity contribution in [2.75, 3.05) is 25.5 Å². The topological polar surface area (TPSA) is 111 Å². The highest BCUT2D eigenvalue weighted by molar-refractivity contribution is 7.89. The van der Waals surface area contributed by atoms with Crippen LogP contribution in [0.1, 0.15) is 60.3 Å². The van der Waals surface area contributed by atoms with Crippen molar-refractivity contribution in [3.63, 3.8) is 0 Å². The molecule has 9 heteroatoms. The maximum absolute atomic E-state index is 12.4. The minimum absolute atomic E-state index is 0.0261. The van der Waals surface area contributed by atoms with Crippen molar-refractivity contribution in [2.24, 2.45) is 5.41 Å². The number of carbonyl (C=O) groups excluding carboxylic acids is 2. The average molecular weight is 407 g/mol. The van der Waals surface area contributed by atoms with E-state index in [1.807, 2.05) is 0 Å². The third-order valence-corrected chi connectivity index (χ3v) is 6.10. The van der Waals surface area contributed by atoms with Gasteiger partial charge in [-0.25, -0.2) is 13.1 Å². The van der Waals surface area contributed by atoms with Crippen LogP contribution in [0.15, 0.2) is 0 Å². The minimum Gasteiger partial charge on any atom is -0.465 e. The standard InChI is InChI=1S/C18H34N2O6S/c1-6-25-15(21)18(16(22)26-7-2)10-8-14(9-11-18)19-12-13-27(23,24)20-17(3,4)5/h14,19-20H,6-13H2,1-5H3. The van der Waals surface area contributed by atoms with Crippen molar-refractivity contribution in [3.05, 3.63) is 0 Å². The first-order valence-corrected chi connectivity index (χ1v) is 11.2. The molecular formula is C18H34N2O6S. The van der Waals surface area contributed by atoms with E-state index in [1.54, 1.807) is 34.6 Å². The normalized spacial score (nSPS) is 18.1. The molecule has 158 valence electrons. The molecule has 0 unspecified atom stereocenters. The van der Waals surface area contributed by atoms with Gasteiger partial charge in [-0.05, 0) is 60.3 Å². The Kier molecular flexibility index (Phi) is 8.69. The molecule has 27 heavy (non-hydrogen) atoms. The highest BCUT2D eigenvalue weighted by Gasteiger charge is 2.50. The second-order valence-electron chi connectivity index (χ2n) is 7.92. The summed E-state index contributed by atoms with van der Waals surface area (Å²) in [5.74, 6) is -1.08. The van der Waals surface area contributed by atoms with Crippen LogP contribution in [0.4, 0.5) is 0 Å². The minimum atomic E-state index is -3.37. The van der Waals surface area contributed by atoms with Crippen molar-refractivity contribution >= 4 is 22.0 Å². The molecule has 0 bridgehead atoms. The van der Waals surface area contributed by atoms with Crippen LogP contribution in [0.2, 0.25) is 0 Å². The van der Waals surface area contributed by atoms with E-state index in [9.17, 15) is 18.0 Å². The molecule has 0 heterocycles. The number of nitrogens with one attached hydrogen (secondary N) is 2. The Labute approximate surface area is 162 Å². The number of sulfonamides is 1. The molecule has 1 aliphatic rings. The van der Waals surface area contributed by atoms with E-state index < -0.39 is 32.9 Å². The first-order valence-electron chi connectivity index (χ1n) is 9.55. The summed E-state index contributed by atoms with van der Waals surface area (Å²) in [6.45, 7) is 9.52. The summed E-state index contributed by atoms with van der Waals surface area (Å²) < 4.78 is 36.9. The van der Waals surface area contributed by atoms with Gasteiger partial charge in [0.15, 0.2) is 5.41 Å². The molecule has 0 amide bonds. The maximum atomic E-state index is 12.4. The summed E-state index contributed by atoms with van der Waals surface area (Å²) in [6.07, 6.45) is 1.80. The SMILES string of the molecule is CCOC(=O)C1(C(=O)OCC)CCC(NCCS(=O)(=O)NC(C)(C)C)CC1. The van der Waals surface area contributed by atoms with Gasteiger partial charge in [0.1, 0.15) is 0 Å². The molecule has 1 rings (SSSR count). The quantitative estimate of drug-likeness (QED) is 0.439. The molecular weight excluding hydrogens is 372 g/mol. The van der Waals surface area contributed by atoms with E-state index in [0.717, 1.165) is 0 Å². The molecule has 0 aromatic carbocycles. The summed E-state index contributed by atoms with van der Waals surface area (Å²) in [4.78, 5) is 24.8. The Morgan fingerprint density at radius 1 is 1.04 bits per heavy atom. The summed E-state index contributed by atoms with van der Waals surface area (Å²) in [7, 11) is -3.37. The van der Waals surface area contributed by atoms with Crippen molar-refractivity contribution < 1.29 is 27.5 Å². The Morgan fingerprint density at radius 3 is 1.93 bits per heavy atom. The zero-order chi connectivity index (χ0) is 20.7. The zero-order valence-electron chi connectivity index (χ0n) is 17.1. The summed E-state index contributed by atoms with van der Waals surface area (Å²) >= 11 is 0. The summed E-state index contributed by atoms with van der Waals surface area (Å²) in [5, 5.41) is 3.22. The fraction of sp³-hybridized carbons (Fsp3) is 0.889. The molecule has 0 aromatic rings. The number of rotatable bonds is 9. The van der Waals surface area contributed by atoms with Crippen LogP contribution in [0.25, 0.3) is 0 Å². The second kappa shape index (κ2) is 9.84. The molecule has 2 N–H and O–H groups in total. The van der Waals surface area contributed by atoms with Crippen LogP contribution < -0.4 is 10.0 Å². The van der Waals surface area contributed by atoms with Gasteiger partial charge in [-0.3, -0.25) is 9.59 Å². The first-order chi connectivity index (χ1) is 12.5. The van der Waals surface area contributed by atoms with Crippen LogP contribution in [0.5, 0.6) is 0 Å². The lowest BCUT2D eigenvalue weighted by Crippen LogP contribution is -2.49. The Balaban J connectivity index is 2.60. The Morgan fingerprint density at radius 2 is 1.52 bits per heavy atom. The Bertz CT molecular complexity index is 584. The van der Waals surface area contributed by atoms with Gasteiger partial charge in [0.2, 0.25) is 10.0 Å². The predicted octanol–water partition coefficient (Wildman–Crippen LogP) is 1.35. The summed E-state index contributed by atoms with van der Waals surface area (Å²) in [6, 6.07) is 0.0480. The van der Waals surface area contributed by atoms with E-state index in [4.69, 9.17) is 9.47 Å². The third kappa shape index (κ3) is 7.38. The van der Waals surface area contributed by atoms with Gasteiger partial charge in [-0.1, -0.05) is 0 Å². The van der Waals surface area contributed by atoms with Crippen molar-refractivity contribution in [1.82, 2.24) is 10.0 Å². The van der Waals surface area contributed by atoms with Gasteiger partial charge in [0.25, 0.3) is 0 Å². The number of carbonyl (C=O) groups is 2. The highest BCUT2D eigenvalue weighted by atomic mass is 32.2. The second-order valence-corrected chi connectivity index (χ2v) is 9.76. The smallest absolute Gasteiger partial charge is 0.323 e. The van der Waals surface area contributed by atoms with E-state index in [1.165, 1.54) is 0 Å². The Hall–Kier alpha value is -1.19. The van der Waals surface area contributed by atoms with Crippen molar-refractivity contribution in [2.45, 2.75) is 71.9 Å². The lowest BCUT2D eigenvalue weighted by molar-refractivity contribution is -0.175. The zero-order valence-corrected chi connectivity index (χ0v) is 17.9. The molecule has 0 aliphatic heterocycles. The molecule has 1 aliphatic carbocycles. The van der Waals surface area contributed by atoms with Gasteiger partial charge in [-0.2, -0.15) is 0 Å². The van der Waals surface area contributed by atoms with Crippen LogP contribution in [0.3, 0.4) is 0 Å². The molecule has 1 saturated carbocycles. The van der Waals surface area contributed by atoms with E-state index in [2.05, 4.69) is 10.0 Å². The molecule has 0 spiro atoms. The van der Waals surface area contributed by atoms with Crippen LogP contribution in [0, 0.1) is 5.41 Å². The third-order valence-electron chi connectivity index (χ3n) is 4.44. The molecule has 8 nitrogen and oxygen atoms in total.